The zero-order chi connectivity index (χ0) is 19.7. The highest BCUT2D eigenvalue weighted by molar-refractivity contribution is 6.05. The van der Waals surface area contributed by atoms with Crippen LogP contribution in [0.2, 0.25) is 0 Å². The Balaban J connectivity index is 1.64. The van der Waals surface area contributed by atoms with Crippen LogP contribution in [0.25, 0.3) is 22.6 Å². The first-order valence-electron chi connectivity index (χ1n) is 8.26. The molecular formula is C20H13N3O5. The number of carbonyl (C=O) groups excluding carboxylic acids is 1. The molecule has 0 aliphatic carbocycles. The zero-order valence-electron chi connectivity index (χ0n) is 14.3. The van der Waals surface area contributed by atoms with Crippen LogP contribution in [-0.2, 0) is 0 Å². The number of nitro benzene ring substituents is 1. The number of carbonyl (C=O) groups is 1. The number of phenols is 1. The van der Waals surface area contributed by atoms with E-state index in [1.54, 1.807) is 12.1 Å². The summed E-state index contributed by atoms with van der Waals surface area (Å²) in [6.07, 6.45) is 0. The standard InChI is InChI=1S/C20H13N3O5/c24-17-9-8-13(21-19(25)12-4-3-5-14(10-12)23(26)27)11-15(17)20-22-16-6-1-2-7-18(16)28-20/h1-11,24H,(H,21,25). The van der Waals surface area contributed by atoms with E-state index in [-0.39, 0.29) is 22.9 Å². The molecule has 138 valence electrons. The van der Waals surface area contributed by atoms with Gasteiger partial charge in [0.1, 0.15) is 11.3 Å². The number of rotatable bonds is 4. The van der Waals surface area contributed by atoms with Crippen LogP contribution in [0.1, 0.15) is 10.4 Å². The molecule has 0 spiro atoms. The molecule has 0 saturated heterocycles. The van der Waals surface area contributed by atoms with Crippen molar-refractivity contribution < 1.29 is 19.2 Å². The van der Waals surface area contributed by atoms with Gasteiger partial charge in [-0.2, -0.15) is 0 Å². The number of aromatic hydroxyl groups is 1. The van der Waals surface area contributed by atoms with Crippen LogP contribution in [-0.4, -0.2) is 20.9 Å². The fourth-order valence-electron chi connectivity index (χ4n) is 2.74. The monoisotopic (exact) mass is 375 g/mol. The smallest absolute Gasteiger partial charge is 0.270 e. The van der Waals surface area contributed by atoms with E-state index in [0.717, 1.165) is 0 Å². The molecule has 0 saturated carbocycles. The third-order valence-corrected chi connectivity index (χ3v) is 4.10. The zero-order valence-corrected chi connectivity index (χ0v) is 14.3. The number of aromatic nitrogens is 1. The molecule has 1 amide bonds. The Bertz CT molecular complexity index is 1180. The molecule has 0 atom stereocenters. The van der Waals surface area contributed by atoms with Gasteiger partial charge >= 0.3 is 0 Å². The molecule has 0 bridgehead atoms. The lowest BCUT2D eigenvalue weighted by molar-refractivity contribution is -0.384. The predicted octanol–water partition coefficient (Wildman–Crippen LogP) is 4.36. The third kappa shape index (κ3) is 3.26. The summed E-state index contributed by atoms with van der Waals surface area (Å²) in [5.41, 5.74) is 1.88. The van der Waals surface area contributed by atoms with E-state index in [4.69, 9.17) is 4.42 Å². The van der Waals surface area contributed by atoms with Crippen molar-refractivity contribution >= 4 is 28.4 Å². The highest BCUT2D eigenvalue weighted by Crippen LogP contribution is 2.33. The van der Waals surface area contributed by atoms with Gasteiger partial charge in [0.25, 0.3) is 11.6 Å². The van der Waals surface area contributed by atoms with E-state index in [9.17, 15) is 20.0 Å². The van der Waals surface area contributed by atoms with Crippen LogP contribution in [0.5, 0.6) is 5.75 Å². The second-order valence-electron chi connectivity index (χ2n) is 5.98. The number of para-hydroxylation sites is 2. The molecule has 8 heteroatoms. The number of hydrogen-bond acceptors (Lipinski definition) is 6. The molecule has 1 heterocycles. The quantitative estimate of drug-likeness (QED) is 0.311. The normalized spacial score (nSPS) is 10.7. The van der Waals surface area contributed by atoms with Crippen molar-refractivity contribution in [2.24, 2.45) is 0 Å². The maximum absolute atomic E-state index is 12.4. The minimum absolute atomic E-state index is 0.0556. The van der Waals surface area contributed by atoms with E-state index in [0.29, 0.717) is 22.4 Å². The van der Waals surface area contributed by atoms with Gasteiger partial charge in [-0.1, -0.05) is 18.2 Å². The van der Waals surface area contributed by atoms with Gasteiger partial charge in [0.05, 0.1) is 10.5 Å². The highest BCUT2D eigenvalue weighted by Gasteiger charge is 2.15. The summed E-state index contributed by atoms with van der Waals surface area (Å²) in [4.78, 5) is 27.1. The molecule has 28 heavy (non-hydrogen) atoms. The number of anilines is 1. The molecule has 4 aromatic rings. The molecular weight excluding hydrogens is 362 g/mol. The lowest BCUT2D eigenvalue weighted by Crippen LogP contribution is -2.12. The van der Waals surface area contributed by atoms with Gasteiger partial charge in [-0.15, -0.1) is 0 Å². The molecule has 4 rings (SSSR count). The molecule has 0 aliphatic rings. The number of non-ortho nitro benzene ring substituents is 1. The van der Waals surface area contributed by atoms with Crippen molar-refractivity contribution in [3.8, 4) is 17.2 Å². The lowest BCUT2D eigenvalue weighted by atomic mass is 10.1. The molecule has 0 aliphatic heterocycles. The minimum Gasteiger partial charge on any atom is -0.507 e. The van der Waals surface area contributed by atoms with Gasteiger partial charge < -0.3 is 14.8 Å². The number of benzene rings is 3. The Morgan fingerprint density at radius 1 is 1.07 bits per heavy atom. The summed E-state index contributed by atoms with van der Waals surface area (Å²) in [6.45, 7) is 0. The summed E-state index contributed by atoms with van der Waals surface area (Å²) < 4.78 is 5.66. The number of fused-ring (bicyclic) bond motifs is 1. The molecule has 3 aromatic carbocycles. The Morgan fingerprint density at radius 2 is 1.89 bits per heavy atom. The first kappa shape index (κ1) is 17.2. The highest BCUT2D eigenvalue weighted by atomic mass is 16.6. The largest absolute Gasteiger partial charge is 0.507 e. The number of phenolic OH excluding ortho intramolecular Hbond substituents is 1. The van der Waals surface area contributed by atoms with Crippen LogP contribution in [0, 0.1) is 10.1 Å². The van der Waals surface area contributed by atoms with Crippen molar-refractivity contribution in [3.05, 3.63) is 82.4 Å². The van der Waals surface area contributed by atoms with E-state index < -0.39 is 10.8 Å². The van der Waals surface area contributed by atoms with Crippen molar-refractivity contribution in [2.45, 2.75) is 0 Å². The van der Waals surface area contributed by atoms with Crippen molar-refractivity contribution in [2.75, 3.05) is 5.32 Å². The van der Waals surface area contributed by atoms with Gasteiger partial charge in [0.15, 0.2) is 5.58 Å². The molecule has 0 unspecified atom stereocenters. The molecule has 0 fully saturated rings. The van der Waals surface area contributed by atoms with Gasteiger partial charge in [-0.3, -0.25) is 14.9 Å². The second kappa shape index (κ2) is 6.84. The first-order chi connectivity index (χ1) is 13.5. The average molecular weight is 375 g/mol. The van der Waals surface area contributed by atoms with E-state index in [1.165, 1.54) is 42.5 Å². The maximum Gasteiger partial charge on any atom is 0.270 e. The SMILES string of the molecule is O=C(Nc1ccc(O)c(-c2nc3ccccc3o2)c1)c1cccc([N+](=O)[O-])c1. The Hall–Kier alpha value is -4.20. The van der Waals surface area contributed by atoms with E-state index in [2.05, 4.69) is 10.3 Å². The van der Waals surface area contributed by atoms with Crippen molar-refractivity contribution in [1.29, 1.82) is 0 Å². The lowest BCUT2D eigenvalue weighted by Gasteiger charge is -2.08. The molecule has 2 N–H and O–H groups in total. The molecule has 1 aromatic heterocycles. The van der Waals surface area contributed by atoms with Gasteiger partial charge in [-0.25, -0.2) is 4.98 Å². The van der Waals surface area contributed by atoms with Crippen LogP contribution >= 0.6 is 0 Å². The molecule has 0 radical (unpaired) electrons. The fraction of sp³-hybridized carbons (Fsp3) is 0. The van der Waals surface area contributed by atoms with Crippen LogP contribution in [0.15, 0.2) is 71.1 Å². The molecule has 8 nitrogen and oxygen atoms in total. The predicted molar refractivity (Wildman–Crippen MR) is 102 cm³/mol. The van der Waals surface area contributed by atoms with Crippen LogP contribution in [0.4, 0.5) is 11.4 Å². The minimum atomic E-state index is -0.567. The average Bonchev–Trinajstić information content (AvgIpc) is 3.13. The van der Waals surface area contributed by atoms with Crippen LogP contribution < -0.4 is 5.32 Å². The summed E-state index contributed by atoms with van der Waals surface area (Å²) >= 11 is 0. The van der Waals surface area contributed by atoms with E-state index in [1.807, 2.05) is 12.1 Å². The maximum atomic E-state index is 12.4. The summed E-state index contributed by atoms with van der Waals surface area (Å²) in [5, 5.41) is 23.7. The summed E-state index contributed by atoms with van der Waals surface area (Å²) in [5.74, 6) is -0.358. The summed E-state index contributed by atoms with van der Waals surface area (Å²) in [6, 6.07) is 17.0. The summed E-state index contributed by atoms with van der Waals surface area (Å²) in [7, 11) is 0. The number of nitro groups is 1. The van der Waals surface area contributed by atoms with Crippen molar-refractivity contribution in [1.82, 2.24) is 4.98 Å². The van der Waals surface area contributed by atoms with Crippen LogP contribution in [0.3, 0.4) is 0 Å². The fourth-order valence-corrected chi connectivity index (χ4v) is 2.74. The number of nitrogens with one attached hydrogen (secondary N) is 1. The number of nitrogens with zero attached hydrogens (tertiary/aromatic N) is 2. The first-order valence-corrected chi connectivity index (χ1v) is 8.26. The number of hydrogen-bond donors (Lipinski definition) is 2. The Morgan fingerprint density at radius 3 is 2.68 bits per heavy atom. The second-order valence-corrected chi connectivity index (χ2v) is 5.98. The Kier molecular flexibility index (Phi) is 4.21. The number of amides is 1. The van der Waals surface area contributed by atoms with Gasteiger partial charge in [0, 0.05) is 23.4 Å². The number of oxazole rings is 1. The van der Waals surface area contributed by atoms with Gasteiger partial charge in [0.2, 0.25) is 5.89 Å². The third-order valence-electron chi connectivity index (χ3n) is 4.10. The van der Waals surface area contributed by atoms with E-state index >= 15 is 0 Å². The topological polar surface area (TPSA) is 118 Å². The Labute approximate surface area is 158 Å². The van der Waals surface area contributed by atoms with Gasteiger partial charge in [-0.05, 0) is 36.4 Å². The van der Waals surface area contributed by atoms with Crippen molar-refractivity contribution in [3.63, 3.8) is 0 Å².